The molecular formula is C18H19NO. The molecule has 1 aliphatic carbocycles. The van der Waals surface area contributed by atoms with Crippen LogP contribution in [0.15, 0.2) is 48.5 Å². The lowest BCUT2D eigenvalue weighted by Crippen LogP contribution is -2.17. The van der Waals surface area contributed by atoms with E-state index in [1.165, 1.54) is 29.7 Å². The number of ether oxygens (including phenoxy) is 1. The monoisotopic (exact) mass is 265 g/mol. The summed E-state index contributed by atoms with van der Waals surface area (Å²) in [7, 11) is 0. The fourth-order valence-electron chi connectivity index (χ4n) is 2.87. The Morgan fingerprint density at radius 2 is 1.85 bits per heavy atom. The van der Waals surface area contributed by atoms with E-state index in [0.29, 0.717) is 12.1 Å². The molecule has 0 radical (unpaired) electrons. The molecule has 1 aliphatic heterocycles. The molecule has 2 nitrogen and oxygen atoms in total. The van der Waals surface area contributed by atoms with Gasteiger partial charge in [0.2, 0.25) is 0 Å². The fraction of sp³-hybridized carbons (Fsp3) is 0.333. The molecule has 2 aromatic carbocycles. The first-order chi connectivity index (χ1) is 9.88. The van der Waals surface area contributed by atoms with Gasteiger partial charge in [0.25, 0.3) is 0 Å². The zero-order valence-corrected chi connectivity index (χ0v) is 11.5. The van der Waals surface area contributed by atoms with Gasteiger partial charge in [0.05, 0.1) is 12.1 Å². The van der Waals surface area contributed by atoms with Crippen molar-refractivity contribution in [3.8, 4) is 5.75 Å². The van der Waals surface area contributed by atoms with Crippen LogP contribution < -0.4 is 10.1 Å². The van der Waals surface area contributed by atoms with Crippen molar-refractivity contribution in [2.45, 2.75) is 37.8 Å². The maximum absolute atomic E-state index is 5.90. The molecule has 0 aromatic heterocycles. The third kappa shape index (κ3) is 2.38. The third-order valence-corrected chi connectivity index (χ3v) is 4.14. The molecule has 1 N–H and O–H groups in total. The summed E-state index contributed by atoms with van der Waals surface area (Å²) in [6.45, 7) is 0. The van der Waals surface area contributed by atoms with E-state index >= 15 is 0 Å². The summed E-state index contributed by atoms with van der Waals surface area (Å²) in [5.41, 5.74) is 4.03. The van der Waals surface area contributed by atoms with Crippen molar-refractivity contribution >= 4 is 5.69 Å². The standard InChI is InChI=1S/C18H19NO/c1-2-7-17-13(4-1)8-11-18(19-17)14-5-3-6-16(12-14)20-15-9-10-15/h1-7,12,15,18-19H,8-11H2. The first-order valence-electron chi connectivity index (χ1n) is 7.49. The molecule has 2 aromatic rings. The van der Waals surface area contributed by atoms with Crippen LogP contribution in [0.1, 0.15) is 36.4 Å². The van der Waals surface area contributed by atoms with E-state index < -0.39 is 0 Å². The largest absolute Gasteiger partial charge is 0.490 e. The Bertz CT molecular complexity index is 618. The number of hydrogen-bond acceptors (Lipinski definition) is 2. The molecule has 1 fully saturated rings. The summed E-state index contributed by atoms with van der Waals surface area (Å²) in [4.78, 5) is 0. The van der Waals surface area contributed by atoms with Crippen molar-refractivity contribution in [3.63, 3.8) is 0 Å². The number of rotatable bonds is 3. The fourth-order valence-corrected chi connectivity index (χ4v) is 2.87. The Kier molecular flexibility index (Phi) is 2.87. The normalized spacial score (nSPS) is 20.9. The Balaban J connectivity index is 1.56. The molecule has 0 saturated heterocycles. The van der Waals surface area contributed by atoms with Gasteiger partial charge in [0, 0.05) is 5.69 Å². The molecule has 2 heteroatoms. The van der Waals surface area contributed by atoms with Crippen molar-refractivity contribution in [2.75, 3.05) is 5.32 Å². The van der Waals surface area contributed by atoms with E-state index in [-0.39, 0.29) is 0 Å². The quantitative estimate of drug-likeness (QED) is 0.892. The van der Waals surface area contributed by atoms with Gasteiger partial charge < -0.3 is 10.1 Å². The SMILES string of the molecule is c1cc(OC2CC2)cc(C2CCc3ccccc3N2)c1. The van der Waals surface area contributed by atoms with Crippen molar-refractivity contribution < 1.29 is 4.74 Å². The zero-order valence-electron chi connectivity index (χ0n) is 11.5. The van der Waals surface area contributed by atoms with E-state index in [9.17, 15) is 0 Å². The smallest absolute Gasteiger partial charge is 0.120 e. The van der Waals surface area contributed by atoms with E-state index in [0.717, 1.165) is 18.6 Å². The van der Waals surface area contributed by atoms with Crippen LogP contribution in [0.25, 0.3) is 0 Å². The van der Waals surface area contributed by atoms with Gasteiger partial charge in [-0.05, 0) is 55.0 Å². The van der Waals surface area contributed by atoms with Crippen LogP contribution in [0.5, 0.6) is 5.75 Å². The molecule has 4 rings (SSSR count). The molecule has 2 aliphatic rings. The molecule has 0 amide bonds. The van der Waals surface area contributed by atoms with E-state index in [1.807, 2.05) is 0 Å². The summed E-state index contributed by atoms with van der Waals surface area (Å²) < 4.78 is 5.90. The average Bonchev–Trinajstić information content (AvgIpc) is 3.31. The van der Waals surface area contributed by atoms with Crippen molar-refractivity contribution in [2.24, 2.45) is 0 Å². The van der Waals surface area contributed by atoms with E-state index in [1.54, 1.807) is 0 Å². The summed E-state index contributed by atoms with van der Waals surface area (Å²) >= 11 is 0. The molecule has 0 spiro atoms. The number of para-hydroxylation sites is 1. The molecule has 102 valence electrons. The lowest BCUT2D eigenvalue weighted by Gasteiger charge is -2.27. The Labute approximate surface area is 119 Å². The molecule has 1 saturated carbocycles. The number of fused-ring (bicyclic) bond motifs is 1. The van der Waals surface area contributed by atoms with Crippen LogP contribution in [-0.2, 0) is 6.42 Å². The second-order valence-electron chi connectivity index (χ2n) is 5.78. The predicted octanol–water partition coefficient (Wildman–Crippen LogP) is 4.33. The summed E-state index contributed by atoms with van der Waals surface area (Å²) in [5, 5.41) is 3.65. The number of anilines is 1. The topological polar surface area (TPSA) is 21.3 Å². The highest BCUT2D eigenvalue weighted by atomic mass is 16.5. The van der Waals surface area contributed by atoms with Crippen molar-refractivity contribution in [3.05, 3.63) is 59.7 Å². The van der Waals surface area contributed by atoms with E-state index in [4.69, 9.17) is 4.74 Å². The minimum Gasteiger partial charge on any atom is -0.490 e. The Morgan fingerprint density at radius 3 is 2.75 bits per heavy atom. The van der Waals surface area contributed by atoms with Gasteiger partial charge >= 0.3 is 0 Å². The highest BCUT2D eigenvalue weighted by molar-refractivity contribution is 5.55. The lowest BCUT2D eigenvalue weighted by atomic mass is 9.93. The van der Waals surface area contributed by atoms with E-state index in [2.05, 4.69) is 53.8 Å². The number of benzene rings is 2. The first-order valence-corrected chi connectivity index (χ1v) is 7.49. The highest BCUT2D eigenvalue weighted by Crippen LogP contribution is 2.34. The molecule has 20 heavy (non-hydrogen) atoms. The zero-order chi connectivity index (χ0) is 13.4. The maximum Gasteiger partial charge on any atom is 0.120 e. The van der Waals surface area contributed by atoms with Gasteiger partial charge in [-0.2, -0.15) is 0 Å². The maximum atomic E-state index is 5.90. The van der Waals surface area contributed by atoms with Gasteiger partial charge in [-0.1, -0.05) is 30.3 Å². The van der Waals surface area contributed by atoms with Crippen LogP contribution in [0.2, 0.25) is 0 Å². The highest BCUT2D eigenvalue weighted by Gasteiger charge is 2.24. The van der Waals surface area contributed by atoms with Gasteiger partial charge in [-0.15, -0.1) is 0 Å². The first kappa shape index (κ1) is 11.8. The summed E-state index contributed by atoms with van der Waals surface area (Å²) in [5.74, 6) is 1.02. The third-order valence-electron chi connectivity index (χ3n) is 4.14. The molecular weight excluding hydrogens is 246 g/mol. The number of hydrogen-bond donors (Lipinski definition) is 1. The van der Waals surface area contributed by atoms with Gasteiger partial charge in [-0.25, -0.2) is 0 Å². The van der Waals surface area contributed by atoms with Crippen LogP contribution in [0, 0.1) is 0 Å². The van der Waals surface area contributed by atoms with Gasteiger partial charge in [0.1, 0.15) is 5.75 Å². The second-order valence-corrected chi connectivity index (χ2v) is 5.78. The van der Waals surface area contributed by atoms with Crippen molar-refractivity contribution in [1.82, 2.24) is 0 Å². The average molecular weight is 265 g/mol. The Hall–Kier alpha value is -1.96. The van der Waals surface area contributed by atoms with Gasteiger partial charge in [-0.3, -0.25) is 0 Å². The minimum absolute atomic E-state index is 0.396. The number of nitrogens with one attached hydrogen (secondary N) is 1. The molecule has 1 unspecified atom stereocenters. The second kappa shape index (κ2) is 4.86. The van der Waals surface area contributed by atoms with Gasteiger partial charge in [0.15, 0.2) is 0 Å². The van der Waals surface area contributed by atoms with Crippen molar-refractivity contribution in [1.29, 1.82) is 0 Å². The minimum atomic E-state index is 0.396. The molecule has 0 bridgehead atoms. The summed E-state index contributed by atoms with van der Waals surface area (Å²) in [6.07, 6.45) is 5.16. The lowest BCUT2D eigenvalue weighted by molar-refractivity contribution is 0.302. The van der Waals surface area contributed by atoms with Crippen LogP contribution in [0.3, 0.4) is 0 Å². The number of aryl methyl sites for hydroxylation is 1. The predicted molar refractivity (Wildman–Crippen MR) is 81.2 cm³/mol. The Morgan fingerprint density at radius 1 is 0.950 bits per heavy atom. The molecule has 1 atom stereocenters. The van der Waals surface area contributed by atoms with Crippen LogP contribution >= 0.6 is 0 Å². The van der Waals surface area contributed by atoms with Crippen LogP contribution in [0.4, 0.5) is 5.69 Å². The summed E-state index contributed by atoms with van der Waals surface area (Å²) in [6, 6.07) is 17.6. The van der Waals surface area contributed by atoms with Crippen LogP contribution in [-0.4, -0.2) is 6.10 Å². The molecule has 1 heterocycles.